The first-order valence-corrected chi connectivity index (χ1v) is 6.22. The zero-order valence-electron chi connectivity index (χ0n) is 11.2. The van der Waals surface area contributed by atoms with Gasteiger partial charge in [-0.1, -0.05) is 31.2 Å². The van der Waals surface area contributed by atoms with Crippen LogP contribution in [0.25, 0.3) is 0 Å². The van der Waals surface area contributed by atoms with Gasteiger partial charge in [-0.15, -0.1) is 0 Å². The van der Waals surface area contributed by atoms with Crippen molar-refractivity contribution in [3.05, 3.63) is 35.4 Å². The summed E-state index contributed by atoms with van der Waals surface area (Å²) in [6.45, 7) is 8.90. The summed E-state index contributed by atoms with van der Waals surface area (Å²) in [7, 11) is 0. The van der Waals surface area contributed by atoms with Gasteiger partial charge in [-0.25, -0.2) is 0 Å². The Morgan fingerprint density at radius 3 is 2.35 bits per heavy atom. The molecule has 0 aromatic heterocycles. The maximum Gasteiger partial charge on any atom is 0.0697 e. The Morgan fingerprint density at radius 2 is 1.88 bits per heavy atom. The van der Waals surface area contributed by atoms with Gasteiger partial charge in [-0.05, 0) is 38.3 Å². The van der Waals surface area contributed by atoms with Crippen molar-refractivity contribution in [2.24, 2.45) is 5.41 Å². The van der Waals surface area contributed by atoms with Crippen molar-refractivity contribution in [2.45, 2.75) is 40.2 Å². The zero-order chi connectivity index (χ0) is 12.9. The maximum atomic E-state index is 8.96. The quantitative estimate of drug-likeness (QED) is 0.841. The lowest BCUT2D eigenvalue weighted by atomic mass is 9.95. The van der Waals surface area contributed by atoms with Crippen LogP contribution in [0.15, 0.2) is 24.3 Å². The molecule has 1 aromatic rings. The average molecular weight is 230 g/mol. The van der Waals surface area contributed by atoms with Crippen LogP contribution in [0.5, 0.6) is 0 Å². The molecule has 1 unspecified atom stereocenters. The summed E-state index contributed by atoms with van der Waals surface area (Å²) >= 11 is 0. The van der Waals surface area contributed by atoms with Crippen molar-refractivity contribution in [2.75, 3.05) is 6.54 Å². The van der Waals surface area contributed by atoms with E-state index in [2.05, 4.69) is 49.5 Å². The molecule has 0 aliphatic heterocycles. The zero-order valence-corrected chi connectivity index (χ0v) is 11.2. The van der Waals surface area contributed by atoms with Crippen LogP contribution in [0.3, 0.4) is 0 Å². The lowest BCUT2D eigenvalue weighted by Gasteiger charge is -2.20. The number of hydrogen-bond donors (Lipinski definition) is 1. The fraction of sp³-hybridized carbons (Fsp3) is 0.533. The van der Waals surface area contributed by atoms with Crippen LogP contribution < -0.4 is 5.32 Å². The molecule has 2 heteroatoms. The number of nitriles is 1. The Kier molecular flexibility index (Phi) is 4.72. The molecule has 1 N–H and O–H groups in total. The van der Waals surface area contributed by atoms with E-state index in [4.69, 9.17) is 5.26 Å². The third-order valence-electron chi connectivity index (χ3n) is 3.04. The van der Waals surface area contributed by atoms with Crippen molar-refractivity contribution in [3.63, 3.8) is 0 Å². The van der Waals surface area contributed by atoms with E-state index in [1.165, 1.54) is 11.1 Å². The van der Waals surface area contributed by atoms with Crippen LogP contribution in [0.4, 0.5) is 0 Å². The predicted octanol–water partition coefficient (Wildman–Crippen LogP) is 3.45. The number of benzene rings is 1. The third kappa shape index (κ3) is 4.20. The molecule has 0 heterocycles. The molecule has 1 atom stereocenters. The molecule has 1 rings (SSSR count). The Labute approximate surface area is 105 Å². The molecule has 0 aliphatic rings. The monoisotopic (exact) mass is 230 g/mol. The highest BCUT2D eigenvalue weighted by atomic mass is 14.9. The summed E-state index contributed by atoms with van der Waals surface area (Å²) in [6, 6.07) is 11.3. The van der Waals surface area contributed by atoms with E-state index in [9.17, 15) is 0 Å². The second kappa shape index (κ2) is 5.84. The molecule has 0 radical (unpaired) electrons. The van der Waals surface area contributed by atoms with Crippen LogP contribution in [0, 0.1) is 16.7 Å². The van der Waals surface area contributed by atoms with E-state index in [1.54, 1.807) is 0 Å². The van der Waals surface area contributed by atoms with Crippen LogP contribution in [-0.2, 0) is 6.42 Å². The fourth-order valence-electron chi connectivity index (χ4n) is 1.61. The van der Waals surface area contributed by atoms with Crippen molar-refractivity contribution in [1.82, 2.24) is 5.32 Å². The number of nitrogens with one attached hydrogen (secondary N) is 1. The van der Waals surface area contributed by atoms with Gasteiger partial charge in [0.1, 0.15) is 0 Å². The third-order valence-corrected chi connectivity index (χ3v) is 3.04. The van der Waals surface area contributed by atoms with Gasteiger partial charge < -0.3 is 5.32 Å². The molecule has 1 aromatic carbocycles. The molecule has 0 aliphatic carbocycles. The predicted molar refractivity (Wildman–Crippen MR) is 71.6 cm³/mol. The summed E-state index contributed by atoms with van der Waals surface area (Å²) in [5, 5.41) is 12.4. The van der Waals surface area contributed by atoms with Crippen LogP contribution in [-0.4, -0.2) is 6.54 Å². The Balaban J connectivity index is 2.58. The van der Waals surface area contributed by atoms with Gasteiger partial charge in [0, 0.05) is 12.6 Å². The lowest BCUT2D eigenvalue weighted by molar-refractivity contribution is 0.415. The largest absolute Gasteiger partial charge is 0.309 e. The Bertz CT molecular complexity index is 384. The van der Waals surface area contributed by atoms with Crippen molar-refractivity contribution in [1.29, 1.82) is 5.26 Å². The van der Waals surface area contributed by atoms with Gasteiger partial charge in [0.05, 0.1) is 11.5 Å². The molecule has 0 fully saturated rings. The van der Waals surface area contributed by atoms with Crippen LogP contribution in [0.2, 0.25) is 0 Å². The van der Waals surface area contributed by atoms with Crippen LogP contribution in [0.1, 0.15) is 44.9 Å². The van der Waals surface area contributed by atoms with Gasteiger partial charge in [0.25, 0.3) is 0 Å². The van der Waals surface area contributed by atoms with Crippen LogP contribution >= 0.6 is 0 Å². The highest BCUT2D eigenvalue weighted by Crippen LogP contribution is 2.17. The van der Waals surface area contributed by atoms with Crippen molar-refractivity contribution >= 4 is 0 Å². The summed E-state index contributed by atoms with van der Waals surface area (Å²) < 4.78 is 0. The average Bonchev–Trinajstić information content (AvgIpc) is 2.36. The van der Waals surface area contributed by atoms with E-state index in [-0.39, 0.29) is 11.5 Å². The number of rotatable bonds is 5. The second-order valence-corrected chi connectivity index (χ2v) is 5.19. The fourth-order valence-corrected chi connectivity index (χ4v) is 1.61. The van der Waals surface area contributed by atoms with Gasteiger partial charge in [0.2, 0.25) is 0 Å². The first-order valence-electron chi connectivity index (χ1n) is 6.22. The Hall–Kier alpha value is -1.33. The number of nitrogens with zero attached hydrogens (tertiary/aromatic N) is 1. The Morgan fingerprint density at radius 1 is 1.29 bits per heavy atom. The molecule has 0 bridgehead atoms. The van der Waals surface area contributed by atoms with E-state index in [0.29, 0.717) is 6.54 Å². The van der Waals surface area contributed by atoms with Gasteiger partial charge in [-0.3, -0.25) is 0 Å². The van der Waals surface area contributed by atoms with E-state index in [0.717, 1.165) is 6.42 Å². The second-order valence-electron chi connectivity index (χ2n) is 5.19. The van der Waals surface area contributed by atoms with E-state index >= 15 is 0 Å². The summed E-state index contributed by atoms with van der Waals surface area (Å²) in [6.07, 6.45) is 1.07. The summed E-state index contributed by atoms with van der Waals surface area (Å²) in [5.74, 6) is 0. The smallest absolute Gasteiger partial charge is 0.0697 e. The lowest BCUT2D eigenvalue weighted by Crippen LogP contribution is -2.30. The molecular formula is C15H22N2. The van der Waals surface area contributed by atoms with Gasteiger partial charge in [0.15, 0.2) is 0 Å². The van der Waals surface area contributed by atoms with E-state index in [1.807, 2.05) is 13.8 Å². The highest BCUT2D eigenvalue weighted by molar-refractivity contribution is 5.24. The summed E-state index contributed by atoms with van der Waals surface area (Å²) in [5.41, 5.74) is 2.33. The van der Waals surface area contributed by atoms with Gasteiger partial charge >= 0.3 is 0 Å². The normalized spacial score (nSPS) is 13.1. The number of hydrogen-bond acceptors (Lipinski definition) is 2. The molecule has 17 heavy (non-hydrogen) atoms. The molecule has 0 saturated carbocycles. The number of aryl methyl sites for hydroxylation is 1. The van der Waals surface area contributed by atoms with Gasteiger partial charge in [-0.2, -0.15) is 5.26 Å². The molecule has 0 saturated heterocycles. The molecule has 92 valence electrons. The topological polar surface area (TPSA) is 35.8 Å². The summed E-state index contributed by atoms with van der Waals surface area (Å²) in [4.78, 5) is 0. The SMILES string of the molecule is CCc1ccc(C(C)NCC(C)(C)C#N)cc1. The van der Waals surface area contributed by atoms with Crippen molar-refractivity contribution < 1.29 is 0 Å². The first-order chi connectivity index (χ1) is 7.98. The van der Waals surface area contributed by atoms with E-state index < -0.39 is 0 Å². The minimum atomic E-state index is -0.308. The standard InChI is InChI=1S/C15H22N2/c1-5-13-6-8-14(9-7-13)12(2)17-11-15(3,4)10-16/h6-9,12,17H,5,11H2,1-4H3. The maximum absolute atomic E-state index is 8.96. The van der Waals surface area contributed by atoms with Crippen molar-refractivity contribution in [3.8, 4) is 6.07 Å². The minimum absolute atomic E-state index is 0.286. The molecule has 0 amide bonds. The minimum Gasteiger partial charge on any atom is -0.309 e. The molecule has 2 nitrogen and oxygen atoms in total. The highest BCUT2D eigenvalue weighted by Gasteiger charge is 2.17. The molecular weight excluding hydrogens is 208 g/mol. The first kappa shape index (κ1) is 13.7. The molecule has 0 spiro atoms.